The second-order valence-electron chi connectivity index (χ2n) is 5.88. The molecule has 0 radical (unpaired) electrons. The fraction of sp³-hybridized carbons (Fsp3) is 0.625. The minimum Gasteiger partial charge on any atom is -0.392 e. The topological polar surface area (TPSA) is 23.5 Å². The summed E-state index contributed by atoms with van der Waals surface area (Å²) in [6.45, 7) is 1.20. The largest absolute Gasteiger partial charge is 0.392 e. The minimum absolute atomic E-state index is 0.0976. The first-order valence-electron chi connectivity index (χ1n) is 7.45. The standard InChI is InChI=1S/C16H22ClNO/c17-14-8-7-13(11-19)16(10-14)18-9-3-5-12-4-1-2-6-15(12)18/h7-8,10,12,15,19H,1-6,9,11H2. The van der Waals surface area contributed by atoms with Crippen LogP contribution in [0, 0.1) is 5.92 Å². The van der Waals surface area contributed by atoms with Crippen molar-refractivity contribution in [1.29, 1.82) is 0 Å². The molecule has 2 atom stereocenters. The van der Waals surface area contributed by atoms with Crippen molar-refractivity contribution < 1.29 is 5.11 Å². The minimum atomic E-state index is 0.0976. The molecule has 1 aromatic rings. The highest BCUT2D eigenvalue weighted by molar-refractivity contribution is 6.30. The van der Waals surface area contributed by atoms with E-state index in [0.717, 1.165) is 28.7 Å². The van der Waals surface area contributed by atoms with Gasteiger partial charge in [0.15, 0.2) is 0 Å². The number of aliphatic hydroxyl groups excluding tert-OH is 1. The summed E-state index contributed by atoms with van der Waals surface area (Å²) in [6.07, 6.45) is 8.02. The highest BCUT2D eigenvalue weighted by atomic mass is 35.5. The Balaban J connectivity index is 1.93. The number of piperidine rings is 1. The van der Waals surface area contributed by atoms with E-state index < -0.39 is 0 Å². The van der Waals surface area contributed by atoms with Crippen molar-refractivity contribution >= 4 is 17.3 Å². The summed E-state index contributed by atoms with van der Waals surface area (Å²) in [4.78, 5) is 2.52. The van der Waals surface area contributed by atoms with E-state index in [2.05, 4.69) is 4.90 Å². The predicted octanol–water partition coefficient (Wildman–Crippen LogP) is 3.99. The van der Waals surface area contributed by atoms with E-state index in [-0.39, 0.29) is 6.61 Å². The molecule has 0 bridgehead atoms. The van der Waals surface area contributed by atoms with Gasteiger partial charge >= 0.3 is 0 Å². The summed E-state index contributed by atoms with van der Waals surface area (Å²) in [5, 5.41) is 10.3. The first-order valence-corrected chi connectivity index (χ1v) is 7.83. The van der Waals surface area contributed by atoms with Gasteiger partial charge in [-0.05, 0) is 43.7 Å². The van der Waals surface area contributed by atoms with E-state index in [4.69, 9.17) is 11.6 Å². The molecule has 1 aromatic carbocycles. The number of anilines is 1. The Hall–Kier alpha value is -0.730. The third-order valence-corrected chi connectivity index (χ3v) is 5.01. The van der Waals surface area contributed by atoms with Crippen molar-refractivity contribution in [1.82, 2.24) is 0 Å². The predicted molar refractivity (Wildman–Crippen MR) is 79.7 cm³/mol. The van der Waals surface area contributed by atoms with Gasteiger partial charge in [-0.25, -0.2) is 0 Å². The smallest absolute Gasteiger partial charge is 0.0702 e. The van der Waals surface area contributed by atoms with E-state index in [1.165, 1.54) is 38.5 Å². The zero-order valence-electron chi connectivity index (χ0n) is 11.3. The molecule has 1 heterocycles. The molecule has 2 nitrogen and oxygen atoms in total. The molecule has 0 amide bonds. The highest BCUT2D eigenvalue weighted by Crippen LogP contribution is 2.39. The second kappa shape index (κ2) is 5.72. The molecule has 0 aromatic heterocycles. The molecule has 3 rings (SSSR count). The Morgan fingerprint density at radius 2 is 1.95 bits per heavy atom. The summed E-state index contributed by atoms with van der Waals surface area (Å²) in [5.41, 5.74) is 2.17. The molecule has 104 valence electrons. The molecule has 2 aliphatic rings. The van der Waals surface area contributed by atoms with Gasteiger partial charge in [0.05, 0.1) is 6.61 Å². The fourth-order valence-electron chi connectivity index (χ4n) is 3.86. The average Bonchev–Trinajstić information content (AvgIpc) is 2.46. The van der Waals surface area contributed by atoms with E-state index in [0.29, 0.717) is 6.04 Å². The van der Waals surface area contributed by atoms with Crippen LogP contribution in [0.25, 0.3) is 0 Å². The van der Waals surface area contributed by atoms with E-state index >= 15 is 0 Å². The molecule has 1 aliphatic carbocycles. The van der Waals surface area contributed by atoms with Crippen LogP contribution in [0.15, 0.2) is 18.2 Å². The first-order chi connectivity index (χ1) is 9.29. The summed E-state index contributed by atoms with van der Waals surface area (Å²) >= 11 is 6.16. The lowest BCUT2D eigenvalue weighted by Crippen LogP contribution is -2.47. The average molecular weight is 280 g/mol. The Labute approximate surface area is 120 Å². The van der Waals surface area contributed by atoms with Crippen LogP contribution in [0.2, 0.25) is 5.02 Å². The maximum absolute atomic E-state index is 9.57. The molecule has 2 fully saturated rings. The van der Waals surface area contributed by atoms with Gasteiger partial charge in [0.25, 0.3) is 0 Å². The molecule has 1 saturated carbocycles. The number of nitrogens with zero attached hydrogens (tertiary/aromatic N) is 1. The van der Waals surface area contributed by atoms with Crippen LogP contribution in [-0.4, -0.2) is 17.7 Å². The maximum Gasteiger partial charge on any atom is 0.0702 e. The number of rotatable bonds is 2. The monoisotopic (exact) mass is 279 g/mol. The third kappa shape index (κ3) is 2.61. The van der Waals surface area contributed by atoms with Crippen molar-refractivity contribution in [3.05, 3.63) is 28.8 Å². The molecule has 1 aliphatic heterocycles. The Morgan fingerprint density at radius 3 is 2.79 bits per heavy atom. The van der Waals surface area contributed by atoms with Crippen LogP contribution in [0.5, 0.6) is 0 Å². The van der Waals surface area contributed by atoms with Crippen molar-refractivity contribution in [2.75, 3.05) is 11.4 Å². The Morgan fingerprint density at radius 1 is 1.16 bits per heavy atom. The van der Waals surface area contributed by atoms with Crippen LogP contribution < -0.4 is 4.90 Å². The van der Waals surface area contributed by atoms with Gasteiger partial charge in [0, 0.05) is 28.9 Å². The first kappa shape index (κ1) is 13.3. The number of aliphatic hydroxyl groups is 1. The van der Waals surface area contributed by atoms with Crippen molar-refractivity contribution in [3.8, 4) is 0 Å². The Kier molecular flexibility index (Phi) is 3.99. The van der Waals surface area contributed by atoms with Crippen molar-refractivity contribution in [2.24, 2.45) is 5.92 Å². The second-order valence-corrected chi connectivity index (χ2v) is 6.32. The normalized spacial score (nSPS) is 27.2. The molecule has 3 heteroatoms. The highest BCUT2D eigenvalue weighted by Gasteiger charge is 2.33. The summed E-state index contributed by atoms with van der Waals surface area (Å²) in [7, 11) is 0. The summed E-state index contributed by atoms with van der Waals surface area (Å²) < 4.78 is 0. The van der Waals surface area contributed by atoms with Gasteiger partial charge in [-0.1, -0.05) is 30.5 Å². The molecular formula is C16H22ClNO. The van der Waals surface area contributed by atoms with Gasteiger partial charge in [-0.15, -0.1) is 0 Å². The maximum atomic E-state index is 9.57. The van der Waals surface area contributed by atoms with Gasteiger partial charge in [0.2, 0.25) is 0 Å². The summed E-state index contributed by atoms with van der Waals surface area (Å²) in [5.74, 6) is 0.841. The lowest BCUT2D eigenvalue weighted by molar-refractivity contribution is 0.241. The molecule has 1 saturated heterocycles. The van der Waals surface area contributed by atoms with Gasteiger partial charge in [-0.2, -0.15) is 0 Å². The molecular weight excluding hydrogens is 258 g/mol. The van der Waals surface area contributed by atoms with E-state index in [9.17, 15) is 5.11 Å². The molecule has 0 spiro atoms. The van der Waals surface area contributed by atoms with Crippen LogP contribution in [-0.2, 0) is 6.61 Å². The van der Waals surface area contributed by atoms with Gasteiger partial charge < -0.3 is 10.0 Å². The van der Waals surface area contributed by atoms with E-state index in [1.54, 1.807) is 0 Å². The Bertz CT molecular complexity index is 446. The molecule has 2 unspecified atom stereocenters. The lowest BCUT2D eigenvalue weighted by atomic mass is 9.78. The van der Waals surface area contributed by atoms with Crippen LogP contribution in [0.3, 0.4) is 0 Å². The van der Waals surface area contributed by atoms with Gasteiger partial charge in [0.1, 0.15) is 0 Å². The zero-order chi connectivity index (χ0) is 13.2. The van der Waals surface area contributed by atoms with Gasteiger partial charge in [-0.3, -0.25) is 0 Å². The quantitative estimate of drug-likeness (QED) is 0.885. The van der Waals surface area contributed by atoms with Crippen LogP contribution in [0.1, 0.15) is 44.1 Å². The zero-order valence-corrected chi connectivity index (χ0v) is 12.1. The lowest BCUT2D eigenvalue weighted by Gasteiger charge is -2.46. The van der Waals surface area contributed by atoms with Crippen LogP contribution in [0.4, 0.5) is 5.69 Å². The van der Waals surface area contributed by atoms with E-state index in [1.807, 2.05) is 18.2 Å². The summed E-state index contributed by atoms with van der Waals surface area (Å²) in [6, 6.07) is 6.53. The molecule has 1 N–H and O–H groups in total. The number of hydrogen-bond donors (Lipinski definition) is 1. The fourth-order valence-corrected chi connectivity index (χ4v) is 4.03. The van der Waals surface area contributed by atoms with Crippen LogP contribution >= 0.6 is 11.6 Å². The third-order valence-electron chi connectivity index (χ3n) is 4.77. The number of halogens is 1. The van der Waals surface area contributed by atoms with Crippen molar-refractivity contribution in [2.45, 2.75) is 51.2 Å². The SMILES string of the molecule is OCc1ccc(Cl)cc1N1CCCC2CCCCC21. The molecule has 19 heavy (non-hydrogen) atoms. The van der Waals surface area contributed by atoms with Crippen molar-refractivity contribution in [3.63, 3.8) is 0 Å². The number of fused-ring (bicyclic) bond motifs is 1. The number of benzene rings is 1. The number of hydrogen-bond acceptors (Lipinski definition) is 2.